The first-order valence-electron chi connectivity index (χ1n) is 5.70. The summed E-state index contributed by atoms with van der Waals surface area (Å²) in [5.74, 6) is 0. The van der Waals surface area contributed by atoms with Crippen LogP contribution in [-0.4, -0.2) is 40.9 Å². The molecule has 16 heavy (non-hydrogen) atoms. The quantitative estimate of drug-likeness (QED) is 0.708. The second kappa shape index (κ2) is 7.25. The second-order valence-electron chi connectivity index (χ2n) is 4.05. The van der Waals surface area contributed by atoms with Crippen molar-refractivity contribution < 1.29 is 4.74 Å². The van der Waals surface area contributed by atoms with E-state index in [1.807, 2.05) is 0 Å². The maximum absolute atomic E-state index is 4.97. The fourth-order valence-electron chi connectivity index (χ4n) is 1.49. The molecule has 3 nitrogen and oxygen atoms in total. The summed E-state index contributed by atoms with van der Waals surface area (Å²) in [6.45, 7) is 2.70. The Labute approximate surface area is 98.4 Å². The number of methoxy groups -OCH3 is 1. The third kappa shape index (κ3) is 4.64. The molecular formula is C13H22N2O. The summed E-state index contributed by atoms with van der Waals surface area (Å²) < 4.78 is 4.97. The van der Waals surface area contributed by atoms with Gasteiger partial charge in [-0.25, -0.2) is 0 Å². The van der Waals surface area contributed by atoms with Crippen molar-refractivity contribution in [3.8, 4) is 0 Å². The predicted molar refractivity (Wildman–Crippen MR) is 69.2 cm³/mol. The van der Waals surface area contributed by atoms with Crippen LogP contribution < -0.4 is 10.2 Å². The van der Waals surface area contributed by atoms with Crippen LogP contribution in [0.5, 0.6) is 0 Å². The number of benzene rings is 1. The van der Waals surface area contributed by atoms with Crippen LogP contribution in [0.25, 0.3) is 0 Å². The molecule has 0 heterocycles. The highest BCUT2D eigenvalue weighted by molar-refractivity contribution is 5.45. The third-order valence-electron chi connectivity index (χ3n) is 2.53. The molecule has 0 unspecified atom stereocenters. The Balaban J connectivity index is 2.27. The van der Waals surface area contributed by atoms with Crippen LogP contribution in [0, 0.1) is 0 Å². The normalized spacial score (nSPS) is 10.4. The smallest absolute Gasteiger partial charge is 0.0587 e. The van der Waals surface area contributed by atoms with E-state index in [0.29, 0.717) is 0 Å². The van der Waals surface area contributed by atoms with E-state index >= 15 is 0 Å². The summed E-state index contributed by atoms with van der Waals surface area (Å²) in [4.78, 5) is 2.11. The Hall–Kier alpha value is -1.06. The zero-order valence-electron chi connectivity index (χ0n) is 10.5. The van der Waals surface area contributed by atoms with Crippen molar-refractivity contribution in [3.05, 3.63) is 29.8 Å². The van der Waals surface area contributed by atoms with Crippen LogP contribution in [0.4, 0.5) is 5.69 Å². The molecule has 3 heteroatoms. The van der Waals surface area contributed by atoms with Gasteiger partial charge in [-0.3, -0.25) is 0 Å². The van der Waals surface area contributed by atoms with Crippen LogP contribution >= 0.6 is 0 Å². The monoisotopic (exact) mass is 222 g/mol. The summed E-state index contributed by atoms with van der Waals surface area (Å²) >= 11 is 0. The number of ether oxygens (including phenoxy) is 1. The van der Waals surface area contributed by atoms with Crippen molar-refractivity contribution in [1.29, 1.82) is 0 Å². The lowest BCUT2D eigenvalue weighted by atomic mass is 10.1. The fraction of sp³-hybridized carbons (Fsp3) is 0.538. The van der Waals surface area contributed by atoms with E-state index in [1.165, 1.54) is 11.3 Å². The Morgan fingerprint density at radius 2 is 1.81 bits per heavy atom. The molecule has 0 atom stereocenters. The van der Waals surface area contributed by atoms with Gasteiger partial charge in [0.25, 0.3) is 0 Å². The molecule has 1 N–H and O–H groups in total. The lowest BCUT2D eigenvalue weighted by Gasteiger charge is -2.12. The molecule has 1 aromatic carbocycles. The first kappa shape index (κ1) is 13.0. The van der Waals surface area contributed by atoms with Gasteiger partial charge in [-0.05, 0) is 30.7 Å². The molecule has 1 rings (SSSR count). The summed E-state index contributed by atoms with van der Waals surface area (Å²) in [5.41, 5.74) is 2.62. The van der Waals surface area contributed by atoms with Crippen LogP contribution in [0.1, 0.15) is 5.56 Å². The highest BCUT2D eigenvalue weighted by atomic mass is 16.5. The number of anilines is 1. The van der Waals surface area contributed by atoms with Gasteiger partial charge in [-0.2, -0.15) is 0 Å². The van der Waals surface area contributed by atoms with Crippen molar-refractivity contribution in [2.75, 3.05) is 45.8 Å². The average molecular weight is 222 g/mol. The maximum atomic E-state index is 4.97. The molecule has 0 bridgehead atoms. The Morgan fingerprint density at radius 1 is 1.12 bits per heavy atom. The Kier molecular flexibility index (Phi) is 5.90. The Bertz CT molecular complexity index is 282. The van der Waals surface area contributed by atoms with E-state index in [0.717, 1.165) is 26.1 Å². The summed E-state index contributed by atoms with van der Waals surface area (Å²) in [7, 11) is 5.84. The fourth-order valence-corrected chi connectivity index (χ4v) is 1.49. The van der Waals surface area contributed by atoms with E-state index in [1.54, 1.807) is 7.11 Å². The van der Waals surface area contributed by atoms with Gasteiger partial charge in [0.1, 0.15) is 0 Å². The van der Waals surface area contributed by atoms with Gasteiger partial charge in [0.05, 0.1) is 6.61 Å². The van der Waals surface area contributed by atoms with Gasteiger partial charge < -0.3 is 15.0 Å². The van der Waals surface area contributed by atoms with Crippen LogP contribution in [0.15, 0.2) is 24.3 Å². The first-order valence-corrected chi connectivity index (χ1v) is 5.70. The zero-order valence-corrected chi connectivity index (χ0v) is 10.5. The predicted octanol–water partition coefficient (Wildman–Crippen LogP) is 1.53. The molecule has 90 valence electrons. The third-order valence-corrected chi connectivity index (χ3v) is 2.53. The molecule has 0 radical (unpaired) electrons. The maximum Gasteiger partial charge on any atom is 0.0587 e. The van der Waals surface area contributed by atoms with Crippen LogP contribution in [0.3, 0.4) is 0 Å². The van der Waals surface area contributed by atoms with Gasteiger partial charge in [-0.15, -0.1) is 0 Å². The van der Waals surface area contributed by atoms with Gasteiger partial charge in [0.15, 0.2) is 0 Å². The number of rotatable bonds is 7. The zero-order chi connectivity index (χ0) is 11.8. The standard InChI is InChI=1S/C13H22N2O/c1-15(2)13-6-4-12(5-7-13)8-9-14-10-11-16-3/h4-7,14H,8-11H2,1-3H3. The molecule has 0 spiro atoms. The molecule has 1 aromatic rings. The number of nitrogens with zero attached hydrogens (tertiary/aromatic N) is 1. The average Bonchev–Trinajstić information content (AvgIpc) is 2.29. The molecule has 0 fully saturated rings. The van der Waals surface area contributed by atoms with Gasteiger partial charge in [-0.1, -0.05) is 12.1 Å². The molecule has 0 aromatic heterocycles. The summed E-state index contributed by atoms with van der Waals surface area (Å²) in [6.07, 6.45) is 1.07. The van der Waals surface area contributed by atoms with Crippen molar-refractivity contribution in [2.45, 2.75) is 6.42 Å². The van der Waals surface area contributed by atoms with Crippen molar-refractivity contribution >= 4 is 5.69 Å². The van der Waals surface area contributed by atoms with E-state index < -0.39 is 0 Å². The van der Waals surface area contributed by atoms with Gasteiger partial charge in [0.2, 0.25) is 0 Å². The van der Waals surface area contributed by atoms with Gasteiger partial charge in [0, 0.05) is 33.4 Å². The molecular weight excluding hydrogens is 200 g/mol. The van der Waals surface area contributed by atoms with Crippen LogP contribution in [-0.2, 0) is 11.2 Å². The summed E-state index contributed by atoms with van der Waals surface area (Å²) in [5, 5.41) is 3.34. The highest BCUT2D eigenvalue weighted by Gasteiger charge is 1.96. The molecule has 0 aliphatic heterocycles. The first-order chi connectivity index (χ1) is 7.74. The van der Waals surface area contributed by atoms with Gasteiger partial charge >= 0.3 is 0 Å². The molecule has 0 amide bonds. The minimum absolute atomic E-state index is 0.777. The van der Waals surface area contributed by atoms with E-state index in [2.05, 4.69) is 48.6 Å². The van der Waals surface area contributed by atoms with Crippen LogP contribution in [0.2, 0.25) is 0 Å². The second-order valence-corrected chi connectivity index (χ2v) is 4.05. The SMILES string of the molecule is COCCNCCc1ccc(N(C)C)cc1. The topological polar surface area (TPSA) is 24.5 Å². The van der Waals surface area contributed by atoms with Crippen molar-refractivity contribution in [3.63, 3.8) is 0 Å². The lowest BCUT2D eigenvalue weighted by Crippen LogP contribution is -2.21. The minimum Gasteiger partial charge on any atom is -0.383 e. The number of hydrogen-bond donors (Lipinski definition) is 1. The van der Waals surface area contributed by atoms with E-state index in [9.17, 15) is 0 Å². The molecule has 0 aliphatic carbocycles. The van der Waals surface area contributed by atoms with Crippen molar-refractivity contribution in [1.82, 2.24) is 5.32 Å². The van der Waals surface area contributed by atoms with E-state index in [-0.39, 0.29) is 0 Å². The van der Waals surface area contributed by atoms with Crippen molar-refractivity contribution in [2.24, 2.45) is 0 Å². The highest BCUT2D eigenvalue weighted by Crippen LogP contribution is 2.12. The molecule has 0 aliphatic rings. The number of hydrogen-bond acceptors (Lipinski definition) is 3. The molecule has 0 saturated heterocycles. The molecule has 0 saturated carbocycles. The Morgan fingerprint density at radius 3 is 2.38 bits per heavy atom. The summed E-state index contributed by atoms with van der Waals surface area (Å²) in [6, 6.07) is 8.69. The number of nitrogens with one attached hydrogen (secondary N) is 1. The van der Waals surface area contributed by atoms with E-state index in [4.69, 9.17) is 4.74 Å². The minimum atomic E-state index is 0.777. The largest absolute Gasteiger partial charge is 0.383 e. The lowest BCUT2D eigenvalue weighted by molar-refractivity contribution is 0.199.